The Bertz CT molecular complexity index is 310. The first-order valence-electron chi connectivity index (χ1n) is 6.20. The maximum Gasteiger partial charge on any atom is 0.327 e. The standard InChI is InChI=1S/C12H22N2O4S/c1-8(2)4-5-13-11(16)9(3)19-6-10(12(17)18)14-7-15/h7-10H,4-6H2,1-3H3,(H,13,16)(H,14,15)(H,17,18). The summed E-state index contributed by atoms with van der Waals surface area (Å²) in [6, 6.07) is -0.964. The summed E-state index contributed by atoms with van der Waals surface area (Å²) in [5, 5.41) is 13.5. The highest BCUT2D eigenvalue weighted by molar-refractivity contribution is 8.00. The molecule has 0 aliphatic carbocycles. The van der Waals surface area contributed by atoms with E-state index in [0.717, 1.165) is 6.42 Å². The van der Waals surface area contributed by atoms with E-state index < -0.39 is 12.0 Å². The lowest BCUT2D eigenvalue weighted by atomic mass is 10.1. The number of nitrogens with one attached hydrogen (secondary N) is 2. The summed E-state index contributed by atoms with van der Waals surface area (Å²) < 4.78 is 0. The molecule has 110 valence electrons. The van der Waals surface area contributed by atoms with Gasteiger partial charge in [-0.2, -0.15) is 0 Å². The predicted molar refractivity (Wildman–Crippen MR) is 75.0 cm³/mol. The van der Waals surface area contributed by atoms with Gasteiger partial charge in [0.05, 0.1) is 5.25 Å². The smallest absolute Gasteiger partial charge is 0.327 e. The van der Waals surface area contributed by atoms with Crippen LogP contribution in [0.25, 0.3) is 0 Å². The van der Waals surface area contributed by atoms with E-state index in [-0.39, 0.29) is 16.9 Å². The van der Waals surface area contributed by atoms with Crippen molar-refractivity contribution in [3.8, 4) is 0 Å². The van der Waals surface area contributed by atoms with Crippen molar-refractivity contribution in [1.29, 1.82) is 0 Å². The van der Waals surface area contributed by atoms with Crippen LogP contribution in [0, 0.1) is 5.92 Å². The van der Waals surface area contributed by atoms with Crippen LogP contribution >= 0.6 is 11.8 Å². The van der Waals surface area contributed by atoms with Crippen LogP contribution in [-0.4, -0.2) is 47.0 Å². The third-order valence-corrected chi connectivity index (χ3v) is 3.71. The Hall–Kier alpha value is -1.24. The quantitative estimate of drug-likeness (QED) is 0.508. The summed E-state index contributed by atoms with van der Waals surface area (Å²) in [6.45, 7) is 6.49. The molecular weight excluding hydrogens is 268 g/mol. The molecule has 0 saturated carbocycles. The van der Waals surface area contributed by atoms with Gasteiger partial charge in [-0.3, -0.25) is 9.59 Å². The minimum atomic E-state index is -1.10. The van der Waals surface area contributed by atoms with Crippen LogP contribution < -0.4 is 10.6 Å². The van der Waals surface area contributed by atoms with Crippen LogP contribution in [0.2, 0.25) is 0 Å². The number of carbonyl (C=O) groups excluding carboxylic acids is 2. The molecule has 0 aromatic carbocycles. The van der Waals surface area contributed by atoms with E-state index in [2.05, 4.69) is 24.5 Å². The number of hydrogen-bond acceptors (Lipinski definition) is 4. The van der Waals surface area contributed by atoms with Crippen molar-refractivity contribution in [3.05, 3.63) is 0 Å². The molecule has 0 fully saturated rings. The molecule has 2 amide bonds. The van der Waals surface area contributed by atoms with Crippen LogP contribution in [0.4, 0.5) is 0 Å². The summed E-state index contributed by atoms with van der Waals surface area (Å²) in [5.74, 6) is -0.531. The normalized spacial score (nSPS) is 13.7. The van der Waals surface area contributed by atoms with Gasteiger partial charge in [0.1, 0.15) is 6.04 Å². The fourth-order valence-corrected chi connectivity index (χ4v) is 2.17. The maximum atomic E-state index is 11.7. The largest absolute Gasteiger partial charge is 0.480 e. The molecule has 7 heteroatoms. The van der Waals surface area contributed by atoms with Crippen molar-refractivity contribution < 1.29 is 19.5 Å². The van der Waals surface area contributed by atoms with Crippen LogP contribution in [0.1, 0.15) is 27.2 Å². The average Bonchev–Trinajstić information content (AvgIpc) is 2.32. The highest BCUT2D eigenvalue weighted by Gasteiger charge is 2.20. The van der Waals surface area contributed by atoms with E-state index in [4.69, 9.17) is 5.11 Å². The molecule has 0 aromatic heterocycles. The molecule has 0 bridgehead atoms. The number of carboxylic acid groups (broad SMARTS) is 1. The second-order valence-electron chi connectivity index (χ2n) is 4.62. The van der Waals surface area contributed by atoms with Crippen LogP contribution in [0.15, 0.2) is 0 Å². The molecule has 0 saturated heterocycles. The molecule has 0 heterocycles. The number of thioether (sulfide) groups is 1. The van der Waals surface area contributed by atoms with E-state index in [9.17, 15) is 14.4 Å². The van der Waals surface area contributed by atoms with Crippen molar-refractivity contribution in [2.24, 2.45) is 5.92 Å². The van der Waals surface area contributed by atoms with Crippen molar-refractivity contribution >= 4 is 30.0 Å². The summed E-state index contributed by atoms with van der Waals surface area (Å²) in [5.41, 5.74) is 0. The molecule has 3 N–H and O–H groups in total. The molecule has 0 aliphatic heterocycles. The van der Waals surface area contributed by atoms with Gasteiger partial charge in [-0.1, -0.05) is 13.8 Å². The fourth-order valence-electron chi connectivity index (χ4n) is 1.22. The summed E-state index contributed by atoms with van der Waals surface area (Å²) in [6.07, 6.45) is 1.26. The molecular formula is C12H22N2O4S. The number of rotatable bonds is 10. The Morgan fingerprint density at radius 3 is 2.42 bits per heavy atom. The van der Waals surface area contributed by atoms with Gasteiger partial charge >= 0.3 is 5.97 Å². The van der Waals surface area contributed by atoms with E-state index in [1.165, 1.54) is 11.8 Å². The van der Waals surface area contributed by atoms with E-state index >= 15 is 0 Å². The van der Waals surface area contributed by atoms with Crippen molar-refractivity contribution in [1.82, 2.24) is 10.6 Å². The maximum absolute atomic E-state index is 11.7. The Morgan fingerprint density at radius 2 is 1.95 bits per heavy atom. The summed E-state index contributed by atoms with van der Waals surface area (Å²) >= 11 is 1.21. The molecule has 2 atom stereocenters. The first-order valence-corrected chi connectivity index (χ1v) is 7.25. The number of carboxylic acids is 1. The van der Waals surface area contributed by atoms with Gasteiger partial charge in [0.25, 0.3) is 0 Å². The van der Waals surface area contributed by atoms with E-state index in [1.807, 2.05) is 0 Å². The molecule has 0 spiro atoms. The van der Waals surface area contributed by atoms with Gasteiger partial charge < -0.3 is 15.7 Å². The second kappa shape index (κ2) is 9.66. The molecule has 0 aromatic rings. The molecule has 0 radical (unpaired) electrons. The third-order valence-electron chi connectivity index (χ3n) is 2.47. The topological polar surface area (TPSA) is 95.5 Å². The predicted octanol–water partition coefficient (Wildman–Crippen LogP) is 0.470. The Kier molecular flexibility index (Phi) is 9.03. The number of amides is 2. The first kappa shape index (κ1) is 17.8. The number of hydrogen-bond donors (Lipinski definition) is 3. The zero-order valence-corrected chi connectivity index (χ0v) is 12.3. The van der Waals surface area contributed by atoms with E-state index in [0.29, 0.717) is 18.9 Å². The number of carbonyl (C=O) groups is 3. The van der Waals surface area contributed by atoms with Gasteiger partial charge in [-0.05, 0) is 19.3 Å². The average molecular weight is 290 g/mol. The van der Waals surface area contributed by atoms with Gasteiger partial charge in [-0.25, -0.2) is 4.79 Å². The van der Waals surface area contributed by atoms with Crippen LogP contribution in [0.3, 0.4) is 0 Å². The van der Waals surface area contributed by atoms with E-state index in [1.54, 1.807) is 6.92 Å². The summed E-state index contributed by atoms with van der Waals surface area (Å²) in [4.78, 5) is 32.7. The van der Waals surface area contributed by atoms with Crippen molar-refractivity contribution in [2.75, 3.05) is 12.3 Å². The summed E-state index contributed by atoms with van der Waals surface area (Å²) in [7, 11) is 0. The van der Waals surface area contributed by atoms with Gasteiger partial charge in [-0.15, -0.1) is 11.8 Å². The highest BCUT2D eigenvalue weighted by Crippen LogP contribution is 2.12. The van der Waals surface area contributed by atoms with Crippen molar-refractivity contribution in [2.45, 2.75) is 38.5 Å². The fraction of sp³-hybridized carbons (Fsp3) is 0.750. The lowest BCUT2D eigenvalue weighted by Gasteiger charge is -2.15. The Morgan fingerprint density at radius 1 is 1.32 bits per heavy atom. The second-order valence-corrected chi connectivity index (χ2v) is 6.00. The lowest BCUT2D eigenvalue weighted by molar-refractivity contribution is -0.139. The van der Waals surface area contributed by atoms with Gasteiger partial charge in [0.15, 0.2) is 0 Å². The van der Waals surface area contributed by atoms with Crippen LogP contribution in [0.5, 0.6) is 0 Å². The van der Waals surface area contributed by atoms with Gasteiger partial charge in [0, 0.05) is 12.3 Å². The lowest BCUT2D eigenvalue weighted by Crippen LogP contribution is -2.39. The minimum absolute atomic E-state index is 0.110. The SMILES string of the molecule is CC(C)CCNC(=O)C(C)SCC(NC=O)C(=O)O. The first-order chi connectivity index (χ1) is 8.88. The third kappa shape index (κ3) is 8.47. The number of aliphatic carboxylic acids is 1. The highest BCUT2D eigenvalue weighted by atomic mass is 32.2. The zero-order chi connectivity index (χ0) is 14.8. The minimum Gasteiger partial charge on any atom is -0.480 e. The molecule has 2 unspecified atom stereocenters. The zero-order valence-electron chi connectivity index (χ0n) is 11.5. The Labute approximate surface area is 117 Å². The molecule has 6 nitrogen and oxygen atoms in total. The Balaban J connectivity index is 4.00. The van der Waals surface area contributed by atoms with Crippen molar-refractivity contribution in [3.63, 3.8) is 0 Å². The molecule has 0 rings (SSSR count). The van der Waals surface area contributed by atoms with Crippen LogP contribution in [-0.2, 0) is 14.4 Å². The molecule has 0 aliphatic rings. The monoisotopic (exact) mass is 290 g/mol. The molecule has 19 heavy (non-hydrogen) atoms. The van der Waals surface area contributed by atoms with Gasteiger partial charge in [0.2, 0.25) is 12.3 Å².